The SMILES string of the molecule is NC(=O)Nc1nc2cccc([S+]([O-])c3ccccc3)c2s1. The summed E-state index contributed by atoms with van der Waals surface area (Å²) in [5.41, 5.74) is 5.78. The van der Waals surface area contributed by atoms with E-state index in [1.165, 1.54) is 11.3 Å². The van der Waals surface area contributed by atoms with Gasteiger partial charge in [0, 0.05) is 11.2 Å². The average Bonchev–Trinajstić information content (AvgIpc) is 2.88. The molecule has 0 saturated carbocycles. The minimum atomic E-state index is -1.29. The summed E-state index contributed by atoms with van der Waals surface area (Å²) in [6, 6.07) is 14.0. The summed E-state index contributed by atoms with van der Waals surface area (Å²) in [6.45, 7) is 0. The third kappa shape index (κ3) is 2.85. The van der Waals surface area contributed by atoms with Gasteiger partial charge in [-0.1, -0.05) is 35.6 Å². The lowest BCUT2D eigenvalue weighted by Crippen LogP contribution is -2.18. The molecule has 7 heteroatoms. The first kappa shape index (κ1) is 13.9. The molecule has 1 heterocycles. The van der Waals surface area contributed by atoms with Crippen molar-refractivity contribution in [3.05, 3.63) is 48.5 Å². The number of urea groups is 1. The minimum absolute atomic E-state index is 0.398. The van der Waals surface area contributed by atoms with Crippen molar-refractivity contribution in [2.75, 3.05) is 5.32 Å². The maximum absolute atomic E-state index is 12.7. The van der Waals surface area contributed by atoms with Gasteiger partial charge >= 0.3 is 6.03 Å². The third-order valence-electron chi connectivity index (χ3n) is 2.77. The second kappa shape index (κ2) is 5.72. The molecule has 21 heavy (non-hydrogen) atoms. The standard InChI is InChI=1S/C14H11N3O2S2/c15-13(18)17-14-16-10-7-4-8-11(12(10)20-14)21(19)9-5-2-1-3-6-9/h1-8H,(H3,15,16,17,18). The van der Waals surface area contributed by atoms with E-state index in [0.717, 1.165) is 9.60 Å². The van der Waals surface area contributed by atoms with Crippen molar-refractivity contribution in [1.82, 2.24) is 4.98 Å². The molecule has 0 fully saturated rings. The highest BCUT2D eigenvalue weighted by molar-refractivity contribution is 7.92. The summed E-state index contributed by atoms with van der Waals surface area (Å²) < 4.78 is 13.5. The molecule has 0 radical (unpaired) electrons. The Morgan fingerprint density at radius 3 is 2.67 bits per heavy atom. The Labute approximate surface area is 128 Å². The van der Waals surface area contributed by atoms with Crippen LogP contribution >= 0.6 is 11.3 Å². The van der Waals surface area contributed by atoms with E-state index in [2.05, 4.69) is 10.3 Å². The van der Waals surface area contributed by atoms with Crippen LogP contribution in [0, 0.1) is 0 Å². The monoisotopic (exact) mass is 317 g/mol. The van der Waals surface area contributed by atoms with Gasteiger partial charge in [0.2, 0.25) is 0 Å². The van der Waals surface area contributed by atoms with Gasteiger partial charge in [-0.05, 0) is 24.3 Å². The molecule has 0 aliphatic heterocycles. The molecule has 3 aromatic rings. The number of thiazole rings is 1. The van der Waals surface area contributed by atoms with Crippen molar-refractivity contribution in [2.45, 2.75) is 9.79 Å². The Hall–Kier alpha value is -2.09. The largest absolute Gasteiger partial charge is 0.606 e. The molecule has 0 aliphatic rings. The van der Waals surface area contributed by atoms with E-state index < -0.39 is 17.2 Å². The van der Waals surface area contributed by atoms with Gasteiger partial charge in [0.25, 0.3) is 0 Å². The number of rotatable bonds is 3. The van der Waals surface area contributed by atoms with Crippen molar-refractivity contribution in [3.63, 3.8) is 0 Å². The van der Waals surface area contributed by atoms with Gasteiger partial charge in [-0.25, -0.2) is 9.78 Å². The van der Waals surface area contributed by atoms with Gasteiger partial charge in [-0.2, -0.15) is 0 Å². The first-order valence-corrected chi connectivity index (χ1v) is 8.04. The summed E-state index contributed by atoms with van der Waals surface area (Å²) in [7, 11) is 0. The minimum Gasteiger partial charge on any atom is -0.606 e. The number of nitrogens with two attached hydrogens (primary N) is 1. The summed E-state index contributed by atoms with van der Waals surface area (Å²) >= 11 is -0.0351. The summed E-state index contributed by atoms with van der Waals surface area (Å²) in [4.78, 5) is 16.6. The second-order valence-corrected chi connectivity index (χ2v) is 6.64. The molecular weight excluding hydrogens is 306 g/mol. The Kier molecular flexibility index (Phi) is 3.78. The van der Waals surface area contributed by atoms with E-state index in [-0.39, 0.29) is 0 Å². The predicted molar refractivity (Wildman–Crippen MR) is 83.9 cm³/mol. The van der Waals surface area contributed by atoms with Gasteiger partial charge < -0.3 is 10.3 Å². The van der Waals surface area contributed by atoms with Crippen molar-refractivity contribution >= 4 is 43.9 Å². The van der Waals surface area contributed by atoms with E-state index in [1.54, 1.807) is 12.1 Å². The van der Waals surface area contributed by atoms with Crippen LogP contribution in [0.5, 0.6) is 0 Å². The number of nitrogens with zero attached hydrogens (tertiary/aromatic N) is 1. The number of aromatic nitrogens is 1. The maximum atomic E-state index is 12.7. The molecule has 1 atom stereocenters. The van der Waals surface area contributed by atoms with E-state index in [0.29, 0.717) is 15.5 Å². The zero-order chi connectivity index (χ0) is 14.8. The average molecular weight is 317 g/mol. The molecule has 0 spiro atoms. The number of carbonyl (C=O) groups is 1. The quantitative estimate of drug-likeness (QED) is 0.728. The Balaban J connectivity index is 2.06. The number of fused-ring (bicyclic) bond motifs is 1. The summed E-state index contributed by atoms with van der Waals surface area (Å²) in [5, 5.41) is 2.85. The van der Waals surface area contributed by atoms with Gasteiger partial charge in [-0.3, -0.25) is 5.32 Å². The number of anilines is 1. The fraction of sp³-hybridized carbons (Fsp3) is 0. The van der Waals surface area contributed by atoms with Crippen LogP contribution in [0.15, 0.2) is 58.3 Å². The zero-order valence-corrected chi connectivity index (χ0v) is 12.4. The normalized spacial score (nSPS) is 12.2. The van der Waals surface area contributed by atoms with Gasteiger partial charge in [0.05, 0.1) is 5.52 Å². The molecular formula is C14H11N3O2S2. The fourth-order valence-electron chi connectivity index (χ4n) is 1.90. The van der Waals surface area contributed by atoms with Crippen molar-refractivity contribution in [1.29, 1.82) is 0 Å². The van der Waals surface area contributed by atoms with Crippen LogP contribution in [0.3, 0.4) is 0 Å². The molecule has 0 aliphatic carbocycles. The molecule has 3 rings (SSSR count). The Morgan fingerprint density at radius 1 is 1.19 bits per heavy atom. The van der Waals surface area contributed by atoms with E-state index in [4.69, 9.17) is 5.73 Å². The van der Waals surface area contributed by atoms with Crippen LogP contribution in [0.4, 0.5) is 9.93 Å². The van der Waals surface area contributed by atoms with Gasteiger partial charge in [-0.15, -0.1) is 0 Å². The molecule has 5 nitrogen and oxygen atoms in total. The maximum Gasteiger partial charge on any atom is 0.318 e. The first-order valence-electron chi connectivity index (χ1n) is 6.08. The number of primary amides is 1. The van der Waals surface area contributed by atoms with Crippen LogP contribution in [-0.4, -0.2) is 15.6 Å². The molecule has 0 saturated heterocycles. The zero-order valence-electron chi connectivity index (χ0n) is 10.8. The van der Waals surface area contributed by atoms with Crippen molar-refractivity contribution in [3.8, 4) is 0 Å². The smallest absolute Gasteiger partial charge is 0.318 e. The second-order valence-electron chi connectivity index (χ2n) is 4.19. The fourth-order valence-corrected chi connectivity index (χ4v) is 4.26. The van der Waals surface area contributed by atoms with Crippen molar-refractivity contribution in [2.24, 2.45) is 5.73 Å². The van der Waals surface area contributed by atoms with Crippen LogP contribution in [0.2, 0.25) is 0 Å². The number of hydrogen-bond donors (Lipinski definition) is 2. The van der Waals surface area contributed by atoms with E-state index in [1.807, 2.05) is 36.4 Å². The highest BCUT2D eigenvalue weighted by Crippen LogP contribution is 2.34. The van der Waals surface area contributed by atoms with Crippen LogP contribution < -0.4 is 11.1 Å². The third-order valence-corrected chi connectivity index (χ3v) is 5.36. The lowest BCUT2D eigenvalue weighted by atomic mass is 10.3. The Morgan fingerprint density at radius 2 is 1.95 bits per heavy atom. The van der Waals surface area contributed by atoms with E-state index >= 15 is 0 Å². The molecule has 2 aromatic carbocycles. The van der Waals surface area contributed by atoms with Gasteiger partial charge in [0.1, 0.15) is 4.70 Å². The number of amides is 2. The molecule has 0 bridgehead atoms. The lowest BCUT2D eigenvalue weighted by molar-refractivity contribution is 0.259. The highest BCUT2D eigenvalue weighted by atomic mass is 32.2. The molecule has 1 aromatic heterocycles. The van der Waals surface area contributed by atoms with Crippen LogP contribution in [0.1, 0.15) is 0 Å². The predicted octanol–water partition coefficient (Wildman–Crippen LogP) is 2.95. The molecule has 3 N–H and O–H groups in total. The molecule has 106 valence electrons. The van der Waals surface area contributed by atoms with E-state index in [9.17, 15) is 9.35 Å². The van der Waals surface area contributed by atoms with Crippen molar-refractivity contribution < 1.29 is 9.35 Å². The summed E-state index contributed by atoms with van der Waals surface area (Å²) in [5.74, 6) is 0. The van der Waals surface area contributed by atoms with Crippen LogP contribution in [-0.2, 0) is 11.2 Å². The lowest BCUT2D eigenvalue weighted by Gasteiger charge is -2.09. The molecule has 2 amide bonds. The number of hydrogen-bond acceptors (Lipinski definition) is 4. The van der Waals surface area contributed by atoms with Gasteiger partial charge in [0.15, 0.2) is 14.9 Å². The number of carbonyl (C=O) groups excluding carboxylic acids is 1. The first-order chi connectivity index (χ1) is 10.1. The highest BCUT2D eigenvalue weighted by Gasteiger charge is 2.20. The molecule has 1 unspecified atom stereocenters. The number of nitrogens with one attached hydrogen (secondary N) is 1. The number of benzene rings is 2. The van der Waals surface area contributed by atoms with Crippen LogP contribution in [0.25, 0.3) is 10.2 Å². The summed E-state index contributed by atoms with van der Waals surface area (Å²) in [6.07, 6.45) is 0. The topological polar surface area (TPSA) is 91.1 Å². The Bertz CT molecular complexity index is 789.